The Kier molecular flexibility index (Phi) is 7.73. The highest BCUT2D eigenvalue weighted by atomic mass is 79.9. The Morgan fingerprint density at radius 3 is 2.35 bits per heavy atom. The van der Waals surface area contributed by atoms with Crippen LogP contribution >= 0.6 is 31.9 Å². The first-order valence-electron chi connectivity index (χ1n) is 9.43. The number of hydrogen-bond donors (Lipinski definition) is 2. The first kappa shape index (κ1) is 23.7. The number of phenolic OH excluding ortho intramolecular Hbond substituents is 1. The summed E-state index contributed by atoms with van der Waals surface area (Å²) >= 11 is 6.33. The van der Waals surface area contributed by atoms with Crippen LogP contribution in [-0.4, -0.2) is 49.4 Å². The number of anilines is 1. The fraction of sp³-hybridized carbons (Fsp3) is 0.300. The van der Waals surface area contributed by atoms with Crippen molar-refractivity contribution in [3.63, 3.8) is 0 Å². The number of benzene rings is 2. The Hall–Kier alpha value is -1.95. The summed E-state index contributed by atoms with van der Waals surface area (Å²) in [5.74, 6) is -1.76. The average Bonchev–Trinajstić information content (AvgIpc) is 2.75. The van der Waals surface area contributed by atoms with Crippen LogP contribution in [0.2, 0.25) is 0 Å². The maximum atomic E-state index is 12.7. The van der Waals surface area contributed by atoms with Crippen LogP contribution in [-0.2, 0) is 19.6 Å². The van der Waals surface area contributed by atoms with Gasteiger partial charge >= 0.3 is 5.97 Å². The molecule has 1 fully saturated rings. The highest BCUT2D eigenvalue weighted by Gasteiger charge is 2.25. The topological polar surface area (TPSA) is 113 Å². The molecule has 31 heavy (non-hydrogen) atoms. The molecule has 1 aliphatic heterocycles. The maximum absolute atomic E-state index is 12.7. The molecular formula is C20H20Br2N2O6S. The summed E-state index contributed by atoms with van der Waals surface area (Å²) in [6.07, 6.45) is 2.72. The third-order valence-corrected chi connectivity index (χ3v) is 7.65. The van der Waals surface area contributed by atoms with Crippen LogP contribution in [0.15, 0.2) is 50.2 Å². The van der Waals surface area contributed by atoms with Crippen molar-refractivity contribution in [3.8, 4) is 5.75 Å². The van der Waals surface area contributed by atoms with Gasteiger partial charge in [0.15, 0.2) is 6.61 Å². The van der Waals surface area contributed by atoms with Gasteiger partial charge in [-0.2, -0.15) is 4.31 Å². The standard InChI is InChI=1S/C20H20Br2N2O6S/c21-13-10-16(19(26)17(22)11-13)20(27)30-12-18(25)23-14-4-6-15(7-5-14)31(28,29)24-8-2-1-3-9-24/h4-7,10-11,26H,1-3,8-9,12H2,(H,23,25). The van der Waals surface area contributed by atoms with Gasteiger partial charge in [0.05, 0.1) is 9.37 Å². The lowest BCUT2D eigenvalue weighted by atomic mass is 10.2. The number of carbonyl (C=O) groups excluding carboxylic acids is 2. The summed E-state index contributed by atoms with van der Waals surface area (Å²) in [6.45, 7) is 0.447. The molecule has 1 saturated heterocycles. The van der Waals surface area contributed by atoms with Crippen molar-refractivity contribution in [1.29, 1.82) is 0 Å². The van der Waals surface area contributed by atoms with Crippen molar-refractivity contribution in [2.75, 3.05) is 25.0 Å². The fourth-order valence-corrected chi connectivity index (χ4v) is 5.83. The minimum Gasteiger partial charge on any atom is -0.506 e. The van der Waals surface area contributed by atoms with Gasteiger partial charge in [0.25, 0.3) is 5.91 Å². The van der Waals surface area contributed by atoms with Gasteiger partial charge in [-0.05, 0) is 65.2 Å². The number of ether oxygens (including phenoxy) is 1. The van der Waals surface area contributed by atoms with E-state index in [0.29, 0.717) is 27.7 Å². The minimum absolute atomic E-state index is 0.0960. The zero-order valence-corrected chi connectivity index (χ0v) is 20.3. The van der Waals surface area contributed by atoms with E-state index in [1.54, 1.807) is 6.07 Å². The molecule has 1 amide bonds. The number of sulfonamides is 1. The van der Waals surface area contributed by atoms with Gasteiger partial charge in [-0.1, -0.05) is 22.4 Å². The third-order valence-electron chi connectivity index (χ3n) is 4.67. The summed E-state index contributed by atoms with van der Waals surface area (Å²) in [6, 6.07) is 8.77. The highest BCUT2D eigenvalue weighted by molar-refractivity contribution is 9.11. The number of hydrogen-bond acceptors (Lipinski definition) is 6. The van der Waals surface area contributed by atoms with Crippen LogP contribution in [0, 0.1) is 0 Å². The number of carbonyl (C=O) groups is 2. The Morgan fingerprint density at radius 2 is 1.71 bits per heavy atom. The number of amides is 1. The van der Waals surface area contributed by atoms with E-state index in [1.165, 1.54) is 34.6 Å². The van der Waals surface area contributed by atoms with Crippen LogP contribution in [0.5, 0.6) is 5.75 Å². The largest absolute Gasteiger partial charge is 0.506 e. The molecule has 1 aliphatic rings. The Bertz CT molecular complexity index is 1080. The third kappa shape index (κ3) is 5.85. The molecular weight excluding hydrogens is 556 g/mol. The van der Waals surface area contributed by atoms with E-state index in [9.17, 15) is 23.1 Å². The molecule has 0 spiro atoms. The number of aromatic hydroxyl groups is 1. The number of halogens is 2. The number of nitrogens with one attached hydrogen (secondary N) is 1. The first-order valence-corrected chi connectivity index (χ1v) is 12.5. The van der Waals surface area contributed by atoms with Crippen LogP contribution < -0.4 is 5.32 Å². The predicted molar refractivity (Wildman–Crippen MR) is 121 cm³/mol. The lowest BCUT2D eigenvalue weighted by Gasteiger charge is -2.25. The van der Waals surface area contributed by atoms with E-state index in [-0.39, 0.29) is 16.2 Å². The molecule has 0 radical (unpaired) electrons. The van der Waals surface area contributed by atoms with Gasteiger partial charge in [0.1, 0.15) is 11.3 Å². The van der Waals surface area contributed by atoms with E-state index in [0.717, 1.165) is 19.3 Å². The number of rotatable bonds is 6. The van der Waals surface area contributed by atoms with Gasteiger partial charge in [-0.3, -0.25) is 4.79 Å². The van der Waals surface area contributed by atoms with Gasteiger partial charge in [-0.25, -0.2) is 13.2 Å². The molecule has 1 heterocycles. The first-order chi connectivity index (χ1) is 14.7. The molecule has 3 rings (SSSR count). The molecule has 11 heteroatoms. The van der Waals surface area contributed by atoms with Crippen molar-refractivity contribution < 1.29 is 27.9 Å². The molecule has 0 atom stereocenters. The second kappa shape index (κ2) is 10.1. The Balaban J connectivity index is 1.58. The molecule has 0 saturated carbocycles. The van der Waals surface area contributed by atoms with Crippen molar-refractivity contribution >= 4 is 59.4 Å². The van der Waals surface area contributed by atoms with E-state index in [2.05, 4.69) is 37.2 Å². The monoisotopic (exact) mass is 574 g/mol. The lowest BCUT2D eigenvalue weighted by Crippen LogP contribution is -2.35. The summed E-state index contributed by atoms with van der Waals surface area (Å²) in [7, 11) is -3.55. The molecule has 0 aromatic heterocycles. The molecule has 2 aromatic carbocycles. The van der Waals surface area contributed by atoms with Crippen LogP contribution in [0.4, 0.5) is 5.69 Å². The van der Waals surface area contributed by atoms with E-state index in [1.807, 2.05) is 0 Å². The number of nitrogens with zero attached hydrogens (tertiary/aromatic N) is 1. The summed E-state index contributed by atoms with van der Waals surface area (Å²) in [4.78, 5) is 24.4. The second-order valence-corrected chi connectivity index (χ2v) is 10.6. The summed E-state index contributed by atoms with van der Waals surface area (Å²) in [5, 5.41) is 12.5. The van der Waals surface area contributed by atoms with Gasteiger partial charge in [-0.15, -0.1) is 0 Å². The molecule has 0 unspecified atom stereocenters. The van der Waals surface area contributed by atoms with Gasteiger partial charge in [0.2, 0.25) is 10.0 Å². The predicted octanol–water partition coefficient (Wildman–Crippen LogP) is 3.89. The normalized spacial score (nSPS) is 14.8. The zero-order valence-electron chi connectivity index (χ0n) is 16.3. The quantitative estimate of drug-likeness (QED) is 0.505. The highest BCUT2D eigenvalue weighted by Crippen LogP contribution is 2.32. The Morgan fingerprint density at radius 1 is 1.06 bits per heavy atom. The number of piperidine rings is 1. The summed E-state index contributed by atoms with van der Waals surface area (Å²) in [5.41, 5.74) is 0.271. The van der Waals surface area contributed by atoms with Crippen LogP contribution in [0.25, 0.3) is 0 Å². The zero-order chi connectivity index (χ0) is 22.6. The molecule has 2 N–H and O–H groups in total. The minimum atomic E-state index is -3.55. The van der Waals surface area contributed by atoms with Crippen molar-refractivity contribution in [3.05, 3.63) is 50.9 Å². The lowest BCUT2D eigenvalue weighted by molar-refractivity contribution is -0.119. The van der Waals surface area contributed by atoms with E-state index >= 15 is 0 Å². The van der Waals surface area contributed by atoms with Crippen molar-refractivity contribution in [2.24, 2.45) is 0 Å². The Labute approximate surface area is 196 Å². The molecule has 166 valence electrons. The second-order valence-electron chi connectivity index (χ2n) is 6.90. The van der Waals surface area contributed by atoms with Crippen molar-refractivity contribution in [1.82, 2.24) is 4.31 Å². The average molecular weight is 576 g/mol. The molecule has 0 aliphatic carbocycles. The van der Waals surface area contributed by atoms with Crippen LogP contribution in [0.3, 0.4) is 0 Å². The summed E-state index contributed by atoms with van der Waals surface area (Å²) < 4.78 is 32.6. The van der Waals surface area contributed by atoms with Gasteiger partial charge < -0.3 is 15.2 Å². The van der Waals surface area contributed by atoms with E-state index < -0.39 is 28.5 Å². The van der Waals surface area contributed by atoms with Gasteiger partial charge in [0, 0.05) is 23.2 Å². The number of phenols is 1. The molecule has 2 aromatic rings. The van der Waals surface area contributed by atoms with Crippen molar-refractivity contribution in [2.45, 2.75) is 24.2 Å². The SMILES string of the molecule is O=C(COC(=O)c1cc(Br)cc(Br)c1O)Nc1ccc(S(=O)(=O)N2CCCCC2)cc1. The van der Waals surface area contributed by atoms with Crippen LogP contribution in [0.1, 0.15) is 29.6 Å². The smallest absolute Gasteiger partial charge is 0.342 e. The fourth-order valence-electron chi connectivity index (χ4n) is 3.09. The molecule has 8 nitrogen and oxygen atoms in total. The maximum Gasteiger partial charge on any atom is 0.342 e. The number of esters is 1. The van der Waals surface area contributed by atoms with E-state index in [4.69, 9.17) is 4.74 Å². The molecule has 0 bridgehead atoms.